The average Bonchev–Trinajstić information content (AvgIpc) is 2.35. The zero-order chi connectivity index (χ0) is 8.72. The lowest BCUT2D eigenvalue weighted by Gasteiger charge is -2.00. The van der Waals surface area contributed by atoms with E-state index in [2.05, 4.69) is 15.9 Å². The van der Waals surface area contributed by atoms with Crippen LogP contribution in [0.2, 0.25) is 5.02 Å². The Bertz CT molecular complexity index is 360. The van der Waals surface area contributed by atoms with Gasteiger partial charge in [-0.25, -0.2) is 0 Å². The molecule has 3 heteroatoms. The Morgan fingerprint density at radius 1 is 1.33 bits per heavy atom. The lowest BCUT2D eigenvalue weighted by Crippen LogP contribution is -1.90. The van der Waals surface area contributed by atoms with E-state index in [-0.39, 0.29) is 5.78 Å². The van der Waals surface area contributed by atoms with Crippen LogP contribution in [0.3, 0.4) is 0 Å². The number of hydrogen-bond donors (Lipinski definition) is 0. The van der Waals surface area contributed by atoms with Crippen molar-refractivity contribution in [2.75, 3.05) is 0 Å². The van der Waals surface area contributed by atoms with E-state index >= 15 is 0 Å². The molecule has 0 saturated carbocycles. The maximum absolute atomic E-state index is 11.3. The smallest absolute Gasteiger partial charge is 0.163 e. The van der Waals surface area contributed by atoms with Gasteiger partial charge in [-0.3, -0.25) is 4.79 Å². The summed E-state index contributed by atoms with van der Waals surface area (Å²) in [4.78, 5) is 11.3. The highest BCUT2D eigenvalue weighted by Gasteiger charge is 2.20. The molecule has 1 aromatic carbocycles. The van der Waals surface area contributed by atoms with Crippen LogP contribution in [0.1, 0.15) is 22.3 Å². The zero-order valence-corrected chi connectivity index (χ0v) is 8.58. The summed E-state index contributed by atoms with van der Waals surface area (Å²) in [5.41, 5.74) is 1.90. The maximum atomic E-state index is 11.3. The van der Waals surface area contributed by atoms with Crippen molar-refractivity contribution in [3.8, 4) is 0 Å². The fourth-order valence-corrected chi connectivity index (χ4v) is 1.97. The molecule has 0 N–H and O–H groups in total. The van der Waals surface area contributed by atoms with Crippen molar-refractivity contribution in [1.82, 2.24) is 0 Å². The molecule has 0 atom stereocenters. The predicted octanol–water partition coefficient (Wildman–Crippen LogP) is 3.23. The molecule has 0 spiro atoms. The van der Waals surface area contributed by atoms with Crippen molar-refractivity contribution >= 4 is 33.3 Å². The van der Waals surface area contributed by atoms with Crippen LogP contribution in [-0.4, -0.2) is 5.78 Å². The first-order chi connectivity index (χ1) is 5.68. The van der Waals surface area contributed by atoms with Crippen LogP contribution in [0.4, 0.5) is 0 Å². The van der Waals surface area contributed by atoms with Crippen LogP contribution in [0.15, 0.2) is 16.6 Å². The van der Waals surface area contributed by atoms with Gasteiger partial charge in [-0.05, 0) is 40.0 Å². The third-order valence-corrected chi connectivity index (χ3v) is 3.27. The van der Waals surface area contributed by atoms with Crippen molar-refractivity contribution < 1.29 is 4.79 Å². The summed E-state index contributed by atoms with van der Waals surface area (Å²) in [6.45, 7) is 0. The number of halogens is 2. The van der Waals surface area contributed by atoms with Crippen LogP contribution in [0, 0.1) is 0 Å². The Balaban J connectivity index is 2.63. The van der Waals surface area contributed by atoms with E-state index in [9.17, 15) is 4.79 Å². The third-order valence-electron chi connectivity index (χ3n) is 2.07. The van der Waals surface area contributed by atoms with Crippen LogP contribution in [0.5, 0.6) is 0 Å². The Morgan fingerprint density at radius 3 is 2.83 bits per heavy atom. The second kappa shape index (κ2) is 2.86. The molecule has 0 saturated heterocycles. The number of carbonyl (C=O) groups is 1. The van der Waals surface area contributed by atoms with Crippen molar-refractivity contribution in [2.45, 2.75) is 12.8 Å². The third kappa shape index (κ3) is 1.19. The first kappa shape index (κ1) is 8.27. The van der Waals surface area contributed by atoms with Crippen LogP contribution in [0.25, 0.3) is 0 Å². The fourth-order valence-electron chi connectivity index (χ4n) is 1.44. The van der Waals surface area contributed by atoms with Gasteiger partial charge in [0.2, 0.25) is 0 Å². The number of ketones is 1. The fraction of sp³-hybridized carbons (Fsp3) is 0.222. The van der Waals surface area contributed by atoms with E-state index in [0.29, 0.717) is 11.4 Å². The van der Waals surface area contributed by atoms with E-state index < -0.39 is 0 Å². The van der Waals surface area contributed by atoms with Crippen LogP contribution >= 0.6 is 27.5 Å². The molecule has 0 fully saturated rings. The van der Waals surface area contributed by atoms with Crippen molar-refractivity contribution in [3.05, 3.63) is 32.8 Å². The summed E-state index contributed by atoms with van der Waals surface area (Å²) in [6.07, 6.45) is 1.46. The van der Waals surface area contributed by atoms with Crippen LogP contribution in [-0.2, 0) is 6.42 Å². The summed E-state index contributed by atoms with van der Waals surface area (Å²) < 4.78 is 0.804. The molecule has 2 rings (SSSR count). The normalized spacial score (nSPS) is 15.0. The lowest BCUT2D eigenvalue weighted by molar-refractivity contribution is 0.0994. The zero-order valence-electron chi connectivity index (χ0n) is 6.23. The molecule has 1 aliphatic rings. The van der Waals surface area contributed by atoms with E-state index in [1.807, 2.05) is 12.1 Å². The molecule has 0 radical (unpaired) electrons. The predicted molar refractivity (Wildman–Crippen MR) is 51.8 cm³/mol. The summed E-state index contributed by atoms with van der Waals surface area (Å²) in [6, 6.07) is 3.68. The monoisotopic (exact) mass is 244 g/mol. The maximum Gasteiger partial charge on any atom is 0.163 e. The highest BCUT2D eigenvalue weighted by molar-refractivity contribution is 9.10. The van der Waals surface area contributed by atoms with Gasteiger partial charge in [0, 0.05) is 16.5 Å². The summed E-state index contributed by atoms with van der Waals surface area (Å²) in [5.74, 6) is 0.224. The summed E-state index contributed by atoms with van der Waals surface area (Å²) >= 11 is 9.17. The summed E-state index contributed by atoms with van der Waals surface area (Å²) in [5, 5.41) is 0.684. The number of benzene rings is 1. The topological polar surface area (TPSA) is 17.1 Å². The highest BCUT2D eigenvalue weighted by atomic mass is 79.9. The van der Waals surface area contributed by atoms with Crippen molar-refractivity contribution in [2.24, 2.45) is 0 Å². The molecule has 1 aliphatic carbocycles. The van der Waals surface area contributed by atoms with Gasteiger partial charge < -0.3 is 0 Å². The molecule has 0 aliphatic heterocycles. The van der Waals surface area contributed by atoms with Crippen LogP contribution < -0.4 is 0 Å². The van der Waals surface area contributed by atoms with Gasteiger partial charge in [0.1, 0.15) is 0 Å². The molecular weight excluding hydrogens is 239 g/mol. The van der Waals surface area contributed by atoms with Gasteiger partial charge in [-0.2, -0.15) is 0 Å². The molecule has 0 heterocycles. The van der Waals surface area contributed by atoms with Gasteiger partial charge in [0.05, 0.1) is 5.02 Å². The molecule has 0 unspecified atom stereocenters. The molecule has 12 heavy (non-hydrogen) atoms. The number of hydrogen-bond acceptors (Lipinski definition) is 1. The number of carbonyl (C=O) groups excluding carboxylic acids is 1. The molecule has 62 valence electrons. The van der Waals surface area contributed by atoms with E-state index in [0.717, 1.165) is 22.0 Å². The highest BCUT2D eigenvalue weighted by Crippen LogP contribution is 2.31. The Hall–Kier alpha value is -0.340. The standard InChI is InChI=1S/C9H6BrClO/c10-7-4-6-5(3-8(7)11)1-2-9(6)12/h3-4H,1-2H2. The second-order valence-corrected chi connectivity index (χ2v) is 4.11. The molecule has 0 amide bonds. The summed E-state index contributed by atoms with van der Waals surface area (Å²) in [7, 11) is 0. The Kier molecular flexibility index (Phi) is 1.97. The molecule has 0 aromatic heterocycles. The Labute approximate surface area is 83.9 Å². The quantitative estimate of drug-likeness (QED) is 0.686. The lowest BCUT2D eigenvalue weighted by atomic mass is 10.1. The molecular formula is C9H6BrClO. The minimum absolute atomic E-state index is 0.224. The number of aryl methyl sites for hydroxylation is 1. The minimum atomic E-state index is 0.224. The van der Waals surface area contributed by atoms with Gasteiger partial charge in [-0.1, -0.05) is 11.6 Å². The van der Waals surface area contributed by atoms with E-state index in [1.54, 1.807) is 0 Å². The van der Waals surface area contributed by atoms with Gasteiger partial charge >= 0.3 is 0 Å². The minimum Gasteiger partial charge on any atom is -0.294 e. The van der Waals surface area contributed by atoms with Crippen molar-refractivity contribution in [1.29, 1.82) is 0 Å². The van der Waals surface area contributed by atoms with E-state index in [1.165, 1.54) is 0 Å². The largest absolute Gasteiger partial charge is 0.294 e. The van der Waals surface area contributed by atoms with Crippen molar-refractivity contribution in [3.63, 3.8) is 0 Å². The van der Waals surface area contributed by atoms with Gasteiger partial charge in [0.25, 0.3) is 0 Å². The Morgan fingerprint density at radius 2 is 2.08 bits per heavy atom. The average molecular weight is 246 g/mol. The molecule has 1 nitrogen and oxygen atoms in total. The van der Waals surface area contributed by atoms with Gasteiger partial charge in [-0.15, -0.1) is 0 Å². The first-order valence-corrected chi connectivity index (χ1v) is 4.86. The first-order valence-electron chi connectivity index (χ1n) is 3.69. The van der Waals surface area contributed by atoms with Gasteiger partial charge in [0.15, 0.2) is 5.78 Å². The molecule has 1 aromatic rings. The molecule has 0 bridgehead atoms. The number of Topliss-reactive ketones (excluding diaryl/α,β-unsaturated/α-hetero) is 1. The number of rotatable bonds is 0. The number of fused-ring (bicyclic) bond motifs is 1. The second-order valence-electron chi connectivity index (χ2n) is 2.85. The van der Waals surface area contributed by atoms with E-state index in [4.69, 9.17) is 11.6 Å². The SMILES string of the molecule is O=C1CCc2cc(Cl)c(Br)cc21.